The van der Waals surface area contributed by atoms with Gasteiger partial charge in [0.2, 0.25) is 0 Å². The highest BCUT2D eigenvalue weighted by Gasteiger charge is 2.39. The van der Waals surface area contributed by atoms with E-state index in [2.05, 4.69) is 26.9 Å². The Morgan fingerprint density at radius 3 is 2.76 bits per heavy atom. The van der Waals surface area contributed by atoms with Gasteiger partial charge in [-0.3, -0.25) is 9.89 Å². The lowest BCUT2D eigenvalue weighted by Crippen LogP contribution is -2.31. The number of pyridine rings is 1. The number of nitrogens with one attached hydrogen (secondary N) is 2. The van der Waals surface area contributed by atoms with Crippen LogP contribution in [0, 0.1) is 11.8 Å². The Kier molecular flexibility index (Phi) is 4.83. The molecule has 0 radical (unpaired) electrons. The molecule has 180 valence electrons. The zero-order valence-corrected chi connectivity index (χ0v) is 20.0. The number of fused-ring (bicyclic) bond motifs is 3. The van der Waals surface area contributed by atoms with Gasteiger partial charge in [-0.05, 0) is 66.8 Å². The Balaban J connectivity index is 1.27. The predicted octanol–water partition coefficient (Wildman–Crippen LogP) is 3.90. The van der Waals surface area contributed by atoms with Crippen LogP contribution in [-0.2, 0) is 19.4 Å². The molecule has 1 atom stereocenters. The quantitative estimate of drug-likeness (QED) is 0.335. The molecule has 37 heavy (non-hydrogen) atoms. The van der Waals surface area contributed by atoms with E-state index in [4.69, 9.17) is 15.8 Å². The summed E-state index contributed by atoms with van der Waals surface area (Å²) in [6.07, 6.45) is 4.66. The smallest absolute Gasteiger partial charge is 0.255 e. The van der Waals surface area contributed by atoms with E-state index in [0.717, 1.165) is 64.2 Å². The third-order valence-corrected chi connectivity index (χ3v) is 7.16. The molecule has 0 fully saturated rings. The van der Waals surface area contributed by atoms with Crippen LogP contribution >= 0.6 is 0 Å². The molecule has 0 unspecified atom stereocenters. The van der Waals surface area contributed by atoms with E-state index in [0.29, 0.717) is 17.9 Å². The number of rotatable bonds is 3. The summed E-state index contributed by atoms with van der Waals surface area (Å²) in [7, 11) is 0. The number of nitrogens with zero attached hydrogens (tertiary/aromatic N) is 4. The molecule has 1 aliphatic heterocycles. The molecule has 0 bridgehead atoms. The average Bonchev–Trinajstić information content (AvgIpc) is 3.69. The Labute approximate surface area is 212 Å². The van der Waals surface area contributed by atoms with Crippen molar-refractivity contribution < 1.29 is 4.79 Å². The number of carbonyl (C=O) groups is 1. The van der Waals surface area contributed by atoms with Crippen LogP contribution in [0.2, 0.25) is 0 Å². The first-order valence-electron chi connectivity index (χ1n) is 12.3. The number of H-pyrrole nitrogens is 2. The third kappa shape index (κ3) is 3.64. The van der Waals surface area contributed by atoms with E-state index >= 15 is 0 Å². The lowest BCUT2D eigenvalue weighted by Gasteiger charge is -2.25. The third-order valence-electron chi connectivity index (χ3n) is 7.16. The van der Waals surface area contributed by atoms with Gasteiger partial charge >= 0.3 is 0 Å². The second-order valence-electron chi connectivity index (χ2n) is 9.49. The normalized spacial score (nSPS) is 14.9. The van der Waals surface area contributed by atoms with Gasteiger partial charge in [0.1, 0.15) is 17.7 Å². The number of aromatic amines is 2. The van der Waals surface area contributed by atoms with Gasteiger partial charge in [0.25, 0.3) is 5.91 Å². The Morgan fingerprint density at radius 1 is 1.03 bits per heavy atom. The predicted molar refractivity (Wildman–Crippen MR) is 139 cm³/mol. The number of carbonyl (C=O) groups excluding carboxylic acids is 1. The van der Waals surface area contributed by atoms with Crippen LogP contribution in [0.25, 0.3) is 11.0 Å². The van der Waals surface area contributed by atoms with Crippen molar-refractivity contribution in [3.8, 4) is 11.8 Å². The fraction of sp³-hybridized carbons (Fsp3) is 0.172. The maximum Gasteiger partial charge on any atom is 0.255 e. The highest BCUT2D eigenvalue weighted by atomic mass is 16.2. The number of nitrogen functional groups attached to an aromatic ring is 1. The number of aryl methyl sites for hydroxylation is 1. The summed E-state index contributed by atoms with van der Waals surface area (Å²) in [5, 5.41) is 7.91. The molecular weight excluding hydrogens is 462 g/mol. The molecule has 0 saturated carbocycles. The first kappa shape index (κ1) is 21.4. The molecule has 2 aromatic carbocycles. The minimum atomic E-state index is -0.416. The summed E-state index contributed by atoms with van der Waals surface area (Å²) < 4.78 is 0. The molecule has 4 heterocycles. The van der Waals surface area contributed by atoms with Crippen LogP contribution in [0.3, 0.4) is 0 Å². The standard InChI is InChI=1S/C29H23N7O/c30-25-13-11-18(15-31-25)9-8-17-10-12-19-16-36(29(37)21(19)14-17)27(26-20-4-3-7-22(20)34-35-26)28-32-23-5-1-2-6-24(23)33-28/h1-2,5-6,10-15,27H,3-4,7,16H2,(H2,30,31)(H,32,33)(H,34,35)/t27-/m0/s1. The zero-order valence-electron chi connectivity index (χ0n) is 20.0. The van der Waals surface area contributed by atoms with Gasteiger partial charge in [0.05, 0.1) is 16.7 Å². The second-order valence-corrected chi connectivity index (χ2v) is 9.49. The minimum Gasteiger partial charge on any atom is -0.384 e. The molecule has 3 aromatic heterocycles. The molecule has 8 nitrogen and oxygen atoms in total. The van der Waals surface area contributed by atoms with Crippen LogP contribution in [-0.4, -0.2) is 36.0 Å². The van der Waals surface area contributed by atoms with Crippen LogP contribution < -0.4 is 5.73 Å². The molecule has 8 heteroatoms. The van der Waals surface area contributed by atoms with Crippen molar-refractivity contribution in [3.05, 3.63) is 106 Å². The molecule has 2 aliphatic rings. The van der Waals surface area contributed by atoms with Crippen molar-refractivity contribution in [1.29, 1.82) is 0 Å². The number of imidazole rings is 1. The number of anilines is 1. The van der Waals surface area contributed by atoms with Crippen molar-refractivity contribution in [2.24, 2.45) is 0 Å². The van der Waals surface area contributed by atoms with E-state index in [1.54, 1.807) is 12.3 Å². The first-order valence-corrected chi connectivity index (χ1v) is 12.3. The van der Waals surface area contributed by atoms with E-state index in [1.165, 1.54) is 5.56 Å². The largest absolute Gasteiger partial charge is 0.384 e. The maximum absolute atomic E-state index is 13.9. The van der Waals surface area contributed by atoms with Crippen molar-refractivity contribution in [2.75, 3.05) is 5.73 Å². The fourth-order valence-corrected chi connectivity index (χ4v) is 5.33. The highest BCUT2D eigenvalue weighted by Crippen LogP contribution is 2.38. The summed E-state index contributed by atoms with van der Waals surface area (Å²) >= 11 is 0. The molecule has 7 rings (SSSR count). The van der Waals surface area contributed by atoms with Crippen molar-refractivity contribution in [1.82, 2.24) is 30.0 Å². The molecule has 4 N–H and O–H groups in total. The monoisotopic (exact) mass is 485 g/mol. The number of hydrogen-bond donors (Lipinski definition) is 3. The van der Waals surface area contributed by atoms with Gasteiger partial charge in [-0.15, -0.1) is 0 Å². The number of aromatic nitrogens is 5. The van der Waals surface area contributed by atoms with Crippen molar-refractivity contribution in [2.45, 2.75) is 31.8 Å². The minimum absolute atomic E-state index is 0.0481. The van der Waals surface area contributed by atoms with E-state index in [-0.39, 0.29) is 5.91 Å². The van der Waals surface area contributed by atoms with Gasteiger partial charge in [0.15, 0.2) is 0 Å². The topological polar surface area (TPSA) is 117 Å². The van der Waals surface area contributed by atoms with Crippen LogP contribution in [0.4, 0.5) is 5.82 Å². The molecule has 1 aliphatic carbocycles. The Hall–Kier alpha value is -4.90. The highest BCUT2D eigenvalue weighted by molar-refractivity contribution is 5.99. The molecule has 0 saturated heterocycles. The number of para-hydroxylation sites is 2. The number of benzene rings is 2. The summed E-state index contributed by atoms with van der Waals surface area (Å²) in [5.74, 6) is 7.37. The van der Waals surface area contributed by atoms with Crippen LogP contribution in [0.1, 0.15) is 62.3 Å². The summed E-state index contributed by atoms with van der Waals surface area (Å²) in [6, 6.07) is 16.9. The number of hydrogen-bond acceptors (Lipinski definition) is 5. The maximum atomic E-state index is 13.9. The van der Waals surface area contributed by atoms with E-state index in [9.17, 15) is 4.79 Å². The fourth-order valence-electron chi connectivity index (χ4n) is 5.33. The summed E-state index contributed by atoms with van der Waals surface area (Å²) in [6.45, 7) is 0.479. The average molecular weight is 486 g/mol. The molecule has 1 amide bonds. The number of nitrogens with two attached hydrogens (primary N) is 1. The molecular formula is C29H23N7O. The van der Waals surface area contributed by atoms with Crippen LogP contribution in [0.5, 0.6) is 0 Å². The molecule has 5 aromatic rings. The SMILES string of the molecule is Nc1ccc(C#Cc2ccc3c(c2)C(=O)N([C@H](c2nc4ccccc4[nH]2)c2n[nH]c4c2CCC4)C3)cn1. The molecule has 0 spiro atoms. The van der Waals surface area contributed by atoms with Gasteiger partial charge in [-0.25, -0.2) is 9.97 Å². The summed E-state index contributed by atoms with van der Waals surface area (Å²) in [4.78, 5) is 28.2. The van der Waals surface area contributed by atoms with Crippen molar-refractivity contribution >= 4 is 22.8 Å². The first-order chi connectivity index (χ1) is 18.1. The van der Waals surface area contributed by atoms with Gasteiger partial charge in [-0.2, -0.15) is 5.10 Å². The van der Waals surface area contributed by atoms with Crippen molar-refractivity contribution in [3.63, 3.8) is 0 Å². The second kappa shape index (κ2) is 8.35. The lowest BCUT2D eigenvalue weighted by atomic mass is 10.1. The van der Waals surface area contributed by atoms with Gasteiger partial charge < -0.3 is 15.6 Å². The van der Waals surface area contributed by atoms with Crippen LogP contribution in [0.15, 0.2) is 60.8 Å². The Bertz CT molecular complexity index is 1700. The lowest BCUT2D eigenvalue weighted by molar-refractivity contribution is 0.0721. The summed E-state index contributed by atoms with van der Waals surface area (Å²) in [5.41, 5.74) is 13.9. The van der Waals surface area contributed by atoms with E-state index < -0.39 is 6.04 Å². The zero-order chi connectivity index (χ0) is 24.9. The van der Waals surface area contributed by atoms with E-state index in [1.807, 2.05) is 53.4 Å². The Morgan fingerprint density at radius 2 is 1.89 bits per heavy atom. The number of amides is 1. The van der Waals surface area contributed by atoms with Gasteiger partial charge in [0, 0.05) is 35.1 Å². The van der Waals surface area contributed by atoms with Gasteiger partial charge in [-0.1, -0.05) is 30.0 Å².